The largest absolute Gasteiger partial charge is 0.354 e. The van der Waals surface area contributed by atoms with Crippen molar-refractivity contribution in [2.45, 2.75) is 75.9 Å². The van der Waals surface area contributed by atoms with Crippen molar-refractivity contribution in [1.29, 1.82) is 0 Å². The number of hydrogen-bond donors (Lipinski definition) is 2. The summed E-state index contributed by atoms with van der Waals surface area (Å²) in [5.74, 6) is -0.230. The maximum Gasteiger partial charge on any atom is 0.191 e. The van der Waals surface area contributed by atoms with Crippen molar-refractivity contribution < 1.29 is 8.78 Å². The van der Waals surface area contributed by atoms with Gasteiger partial charge in [0.05, 0.1) is 0 Å². The van der Waals surface area contributed by atoms with Gasteiger partial charge < -0.3 is 15.5 Å². The molecule has 0 radical (unpaired) electrons. The molecule has 0 spiro atoms. The number of hydrogen-bond acceptors (Lipinski definition) is 2. The van der Waals surface area contributed by atoms with E-state index in [9.17, 15) is 8.78 Å². The molecule has 6 heteroatoms. The zero-order chi connectivity index (χ0) is 19.5. The highest BCUT2D eigenvalue weighted by Crippen LogP contribution is 2.43. The van der Waals surface area contributed by atoms with E-state index < -0.39 is 11.6 Å². The molecule has 3 fully saturated rings. The van der Waals surface area contributed by atoms with Gasteiger partial charge in [0.25, 0.3) is 0 Å². The summed E-state index contributed by atoms with van der Waals surface area (Å²) in [4.78, 5) is 7.22. The van der Waals surface area contributed by atoms with E-state index in [0.717, 1.165) is 44.4 Å². The number of piperidine rings is 1. The average molecular weight is 391 g/mol. The van der Waals surface area contributed by atoms with E-state index in [1.54, 1.807) is 0 Å². The second-order valence-corrected chi connectivity index (χ2v) is 8.44. The van der Waals surface area contributed by atoms with Crippen molar-refractivity contribution in [3.05, 3.63) is 35.4 Å². The van der Waals surface area contributed by atoms with E-state index in [1.807, 2.05) is 6.92 Å². The Hall–Kier alpha value is -1.69. The molecule has 2 aliphatic carbocycles. The molecule has 1 saturated heterocycles. The second-order valence-electron chi connectivity index (χ2n) is 8.44. The van der Waals surface area contributed by atoms with Crippen molar-refractivity contribution in [2.24, 2.45) is 4.99 Å². The van der Waals surface area contributed by atoms with E-state index in [2.05, 4.69) is 20.5 Å². The molecule has 0 amide bonds. The number of benzene rings is 1. The minimum absolute atomic E-state index is 0.0442. The normalized spacial score (nSPS) is 27.2. The van der Waals surface area contributed by atoms with Gasteiger partial charge in [0.15, 0.2) is 5.96 Å². The van der Waals surface area contributed by atoms with E-state index >= 15 is 0 Å². The highest BCUT2D eigenvalue weighted by Gasteiger charge is 2.42. The lowest BCUT2D eigenvalue weighted by Crippen LogP contribution is -2.50. The zero-order valence-electron chi connectivity index (χ0n) is 16.8. The Morgan fingerprint density at radius 3 is 2.39 bits per heavy atom. The molecule has 2 N–H and O–H groups in total. The lowest BCUT2D eigenvalue weighted by molar-refractivity contribution is 0.150. The number of guanidine groups is 1. The number of nitrogens with zero attached hydrogens (tertiary/aromatic N) is 2. The smallest absolute Gasteiger partial charge is 0.191 e. The fourth-order valence-electron chi connectivity index (χ4n) is 4.88. The summed E-state index contributed by atoms with van der Waals surface area (Å²) in [6, 6.07) is 5.35. The number of likely N-dealkylation sites (tertiary alicyclic amines) is 1. The molecule has 1 aromatic carbocycles. The van der Waals surface area contributed by atoms with Crippen LogP contribution in [0.4, 0.5) is 8.78 Å². The van der Waals surface area contributed by atoms with Gasteiger partial charge in [-0.2, -0.15) is 0 Å². The van der Waals surface area contributed by atoms with Gasteiger partial charge in [-0.1, -0.05) is 18.9 Å². The van der Waals surface area contributed by atoms with Crippen LogP contribution in [0.1, 0.15) is 63.4 Å². The molecule has 0 bridgehead atoms. The van der Waals surface area contributed by atoms with Gasteiger partial charge in [0.2, 0.25) is 0 Å². The number of aliphatic imine (C=N–C) groups is 1. The van der Waals surface area contributed by atoms with Gasteiger partial charge in [-0.05, 0) is 51.2 Å². The summed E-state index contributed by atoms with van der Waals surface area (Å²) in [6.07, 6.45) is 8.46. The fourth-order valence-corrected chi connectivity index (χ4v) is 4.88. The minimum Gasteiger partial charge on any atom is -0.354 e. The van der Waals surface area contributed by atoms with Crippen LogP contribution in [0.5, 0.6) is 0 Å². The van der Waals surface area contributed by atoms with Gasteiger partial charge >= 0.3 is 0 Å². The molecular formula is C22H32F2N4. The van der Waals surface area contributed by atoms with Crippen LogP contribution in [0.25, 0.3) is 0 Å². The first kappa shape index (κ1) is 19.6. The Balaban J connectivity index is 1.29. The van der Waals surface area contributed by atoms with Gasteiger partial charge in [0.1, 0.15) is 11.6 Å². The molecule has 154 valence electrons. The summed E-state index contributed by atoms with van der Waals surface area (Å²) in [7, 11) is 0. The van der Waals surface area contributed by atoms with Crippen LogP contribution in [0, 0.1) is 11.6 Å². The Labute approximate surface area is 166 Å². The van der Waals surface area contributed by atoms with Gasteiger partial charge in [-0.15, -0.1) is 0 Å². The molecular weight excluding hydrogens is 358 g/mol. The molecule has 28 heavy (non-hydrogen) atoms. The summed E-state index contributed by atoms with van der Waals surface area (Å²) < 4.78 is 28.0. The summed E-state index contributed by atoms with van der Waals surface area (Å²) in [6.45, 7) is 4.98. The molecule has 2 saturated carbocycles. The summed E-state index contributed by atoms with van der Waals surface area (Å²) in [5, 5.41) is 6.97. The van der Waals surface area contributed by atoms with Crippen LogP contribution in [0.3, 0.4) is 0 Å². The molecule has 1 aromatic rings. The Kier molecular flexibility index (Phi) is 6.14. The zero-order valence-corrected chi connectivity index (χ0v) is 16.8. The lowest BCUT2D eigenvalue weighted by Gasteiger charge is -2.36. The molecule has 1 heterocycles. The Bertz CT molecular complexity index is 674. The minimum atomic E-state index is -0.449. The van der Waals surface area contributed by atoms with Crippen LogP contribution in [0.2, 0.25) is 0 Å². The third-order valence-electron chi connectivity index (χ3n) is 6.51. The van der Waals surface area contributed by atoms with Gasteiger partial charge in [-0.3, -0.25) is 4.99 Å². The van der Waals surface area contributed by atoms with E-state index in [-0.39, 0.29) is 17.5 Å². The first-order chi connectivity index (χ1) is 13.7. The summed E-state index contributed by atoms with van der Waals surface area (Å²) >= 11 is 0. The van der Waals surface area contributed by atoms with E-state index in [0.29, 0.717) is 12.6 Å². The molecule has 0 aromatic heterocycles. The molecule has 4 rings (SSSR count). The maximum atomic E-state index is 14.0. The fraction of sp³-hybridized carbons (Fsp3) is 0.682. The third-order valence-corrected chi connectivity index (χ3v) is 6.51. The standard InChI is InChI=1S/C22H32F2N4/c1-2-25-22(26-15-10-12-28(13-11-15)16-6-3-4-7-16)27-20-14-17(20)21-18(23)8-5-9-19(21)24/h5,8-9,15-17,20H,2-4,6-7,10-14H2,1H3,(H2,25,26,27). The van der Waals surface area contributed by atoms with Gasteiger partial charge in [-0.25, -0.2) is 8.78 Å². The lowest BCUT2D eigenvalue weighted by atomic mass is 10.0. The topological polar surface area (TPSA) is 39.7 Å². The van der Waals surface area contributed by atoms with E-state index in [4.69, 9.17) is 0 Å². The number of rotatable bonds is 5. The van der Waals surface area contributed by atoms with Gasteiger partial charge in [0, 0.05) is 49.2 Å². The predicted octanol–water partition coefficient (Wildman–Crippen LogP) is 3.78. The maximum absolute atomic E-state index is 14.0. The van der Waals surface area contributed by atoms with Crippen molar-refractivity contribution >= 4 is 5.96 Å². The summed E-state index contributed by atoms with van der Waals surface area (Å²) in [5.41, 5.74) is 0.209. The highest BCUT2D eigenvalue weighted by atomic mass is 19.1. The van der Waals surface area contributed by atoms with Crippen LogP contribution in [-0.2, 0) is 0 Å². The third kappa shape index (κ3) is 4.48. The quantitative estimate of drug-likeness (QED) is 0.594. The molecule has 2 unspecified atom stereocenters. The van der Waals surface area contributed by atoms with Crippen molar-refractivity contribution in [3.8, 4) is 0 Å². The predicted molar refractivity (Wildman–Crippen MR) is 109 cm³/mol. The highest BCUT2D eigenvalue weighted by molar-refractivity contribution is 5.81. The first-order valence-electron chi connectivity index (χ1n) is 10.9. The Morgan fingerprint density at radius 2 is 1.75 bits per heavy atom. The van der Waals surface area contributed by atoms with Crippen molar-refractivity contribution in [1.82, 2.24) is 15.5 Å². The van der Waals surface area contributed by atoms with Crippen LogP contribution >= 0.6 is 0 Å². The second kappa shape index (κ2) is 8.76. The van der Waals surface area contributed by atoms with E-state index in [1.165, 1.54) is 43.9 Å². The molecule has 3 aliphatic rings. The average Bonchev–Trinajstić information content (AvgIpc) is 3.20. The van der Waals surface area contributed by atoms with Crippen molar-refractivity contribution in [3.63, 3.8) is 0 Å². The SMILES string of the molecule is CCN=C(NC1CCN(C2CCCC2)CC1)NC1CC1c1c(F)cccc1F. The Morgan fingerprint density at radius 1 is 1.07 bits per heavy atom. The molecule has 2 atom stereocenters. The number of halogens is 2. The molecule has 4 nitrogen and oxygen atoms in total. The first-order valence-corrected chi connectivity index (χ1v) is 10.9. The van der Waals surface area contributed by atoms with Crippen LogP contribution in [-0.4, -0.2) is 48.6 Å². The van der Waals surface area contributed by atoms with Crippen molar-refractivity contribution in [2.75, 3.05) is 19.6 Å². The number of nitrogens with one attached hydrogen (secondary N) is 2. The monoisotopic (exact) mass is 390 g/mol. The molecule has 1 aliphatic heterocycles. The van der Waals surface area contributed by atoms with Crippen LogP contribution < -0.4 is 10.6 Å². The van der Waals surface area contributed by atoms with Crippen LogP contribution in [0.15, 0.2) is 23.2 Å².